The van der Waals surface area contributed by atoms with Crippen molar-refractivity contribution in [2.24, 2.45) is 0 Å². The van der Waals surface area contributed by atoms with Crippen molar-refractivity contribution in [2.45, 2.75) is 0 Å². The second-order valence-corrected chi connectivity index (χ2v) is 5.75. The molecule has 0 atom stereocenters. The van der Waals surface area contributed by atoms with Gasteiger partial charge < -0.3 is 11.1 Å². The van der Waals surface area contributed by atoms with Crippen molar-refractivity contribution < 1.29 is 4.79 Å². The molecule has 0 bridgehead atoms. The summed E-state index contributed by atoms with van der Waals surface area (Å²) >= 11 is 12.3. The molecule has 98 valence electrons. The molecule has 2 aromatic rings. The van der Waals surface area contributed by atoms with Crippen molar-refractivity contribution in [2.75, 3.05) is 11.1 Å². The molecule has 1 heterocycles. The van der Waals surface area contributed by atoms with E-state index in [4.69, 9.17) is 17.3 Å². The second-order valence-electron chi connectivity index (χ2n) is 3.69. The van der Waals surface area contributed by atoms with Gasteiger partial charge in [0.1, 0.15) is 5.15 Å². The molecule has 0 fully saturated rings. The van der Waals surface area contributed by atoms with Crippen LogP contribution in [0.5, 0.6) is 0 Å². The number of carbonyl (C=O) groups is 1. The number of anilines is 2. The lowest BCUT2D eigenvalue weighted by atomic mass is 10.2. The summed E-state index contributed by atoms with van der Waals surface area (Å²) in [6.07, 6.45) is 1.48. The maximum atomic E-state index is 12.0. The fraction of sp³-hybridized carbons (Fsp3) is 0. The molecule has 1 amide bonds. The maximum absolute atomic E-state index is 12.0. The molecule has 7 heteroatoms. The number of nitrogens with zero attached hydrogens (tertiary/aromatic N) is 1. The minimum absolute atomic E-state index is 0.268. The van der Waals surface area contributed by atoms with Crippen molar-refractivity contribution in [1.29, 1.82) is 0 Å². The maximum Gasteiger partial charge on any atom is 0.255 e. The average Bonchev–Trinajstić information content (AvgIpc) is 2.37. The first kappa shape index (κ1) is 14.3. The van der Waals surface area contributed by atoms with Crippen LogP contribution in [-0.2, 0) is 0 Å². The van der Waals surface area contributed by atoms with E-state index in [-0.39, 0.29) is 5.91 Å². The van der Waals surface area contributed by atoms with Crippen LogP contribution in [-0.4, -0.2) is 10.9 Å². The van der Waals surface area contributed by atoms with Gasteiger partial charge in [-0.3, -0.25) is 4.79 Å². The Hall–Kier alpha value is -1.11. The first-order valence-corrected chi connectivity index (χ1v) is 7.11. The van der Waals surface area contributed by atoms with Crippen LogP contribution < -0.4 is 11.1 Å². The number of carbonyl (C=O) groups excluding carboxylic acids is 1. The predicted octanol–water partition coefficient (Wildman–Crippen LogP) is 4.09. The minimum Gasteiger partial charge on any atom is -0.398 e. The number of halogens is 3. The van der Waals surface area contributed by atoms with Gasteiger partial charge >= 0.3 is 0 Å². The average molecular weight is 405 g/mol. The zero-order valence-corrected chi connectivity index (χ0v) is 13.4. The number of rotatable bonds is 2. The van der Waals surface area contributed by atoms with Gasteiger partial charge in [0.2, 0.25) is 0 Å². The van der Waals surface area contributed by atoms with E-state index in [1.807, 2.05) is 0 Å². The Morgan fingerprint density at radius 2 is 2.00 bits per heavy atom. The molecule has 0 unspecified atom stereocenters. The predicted molar refractivity (Wildman–Crippen MR) is 83.5 cm³/mol. The summed E-state index contributed by atoms with van der Waals surface area (Å²) in [7, 11) is 0. The Labute approximate surface area is 131 Å². The van der Waals surface area contributed by atoms with Crippen molar-refractivity contribution in [3.8, 4) is 0 Å². The summed E-state index contributed by atoms with van der Waals surface area (Å²) in [5, 5.41) is 3.05. The minimum atomic E-state index is -0.268. The van der Waals surface area contributed by atoms with Crippen molar-refractivity contribution >= 4 is 60.7 Å². The number of nitrogen functional groups attached to an aromatic ring is 1. The van der Waals surface area contributed by atoms with Crippen molar-refractivity contribution in [3.05, 3.63) is 50.1 Å². The molecule has 1 aromatic heterocycles. The molecule has 0 saturated carbocycles. The van der Waals surface area contributed by atoms with Gasteiger partial charge in [0.25, 0.3) is 5.91 Å². The summed E-state index contributed by atoms with van der Waals surface area (Å²) < 4.78 is 1.36. The van der Waals surface area contributed by atoms with Gasteiger partial charge in [0, 0.05) is 15.7 Å². The van der Waals surface area contributed by atoms with E-state index in [1.165, 1.54) is 6.20 Å². The van der Waals surface area contributed by atoms with Gasteiger partial charge in [0.05, 0.1) is 16.4 Å². The number of benzene rings is 1. The molecule has 0 aliphatic carbocycles. The summed E-state index contributed by atoms with van der Waals surface area (Å²) in [6, 6.07) is 6.67. The molecule has 19 heavy (non-hydrogen) atoms. The lowest BCUT2D eigenvalue weighted by molar-refractivity contribution is 0.102. The van der Waals surface area contributed by atoms with Gasteiger partial charge in [-0.25, -0.2) is 4.98 Å². The van der Waals surface area contributed by atoms with Crippen LogP contribution in [0.4, 0.5) is 11.4 Å². The van der Waals surface area contributed by atoms with Crippen LogP contribution in [0.15, 0.2) is 39.4 Å². The Kier molecular flexibility index (Phi) is 4.44. The van der Waals surface area contributed by atoms with Crippen molar-refractivity contribution in [1.82, 2.24) is 4.98 Å². The number of hydrogen-bond acceptors (Lipinski definition) is 3. The molecule has 0 aliphatic rings. The van der Waals surface area contributed by atoms with Crippen LogP contribution in [0.2, 0.25) is 5.15 Å². The van der Waals surface area contributed by atoms with Gasteiger partial charge in [-0.05, 0) is 56.1 Å². The molecule has 1 aromatic carbocycles. The van der Waals surface area contributed by atoms with E-state index < -0.39 is 0 Å². The third-order valence-electron chi connectivity index (χ3n) is 2.31. The van der Waals surface area contributed by atoms with E-state index >= 15 is 0 Å². The zero-order chi connectivity index (χ0) is 14.0. The smallest absolute Gasteiger partial charge is 0.255 e. The quantitative estimate of drug-likeness (QED) is 0.584. The number of aromatic nitrogens is 1. The van der Waals surface area contributed by atoms with Crippen LogP contribution in [0.3, 0.4) is 0 Å². The van der Waals surface area contributed by atoms with E-state index in [1.54, 1.807) is 24.3 Å². The molecule has 4 nitrogen and oxygen atoms in total. The van der Waals surface area contributed by atoms with Crippen LogP contribution in [0.1, 0.15) is 10.4 Å². The largest absolute Gasteiger partial charge is 0.398 e. The third-order valence-corrected chi connectivity index (χ3v) is 4.17. The van der Waals surface area contributed by atoms with E-state index in [0.717, 1.165) is 4.47 Å². The molecular weight excluding hydrogens is 397 g/mol. The van der Waals surface area contributed by atoms with Gasteiger partial charge in [0.15, 0.2) is 0 Å². The van der Waals surface area contributed by atoms with Crippen LogP contribution >= 0.6 is 43.5 Å². The van der Waals surface area contributed by atoms with Gasteiger partial charge in [-0.2, -0.15) is 0 Å². The first-order valence-electron chi connectivity index (χ1n) is 5.15. The second kappa shape index (κ2) is 5.90. The lowest BCUT2D eigenvalue weighted by Crippen LogP contribution is -2.12. The van der Waals surface area contributed by atoms with E-state index in [2.05, 4.69) is 42.2 Å². The lowest BCUT2D eigenvalue weighted by Gasteiger charge is -2.07. The highest BCUT2D eigenvalue weighted by Gasteiger charge is 2.09. The van der Waals surface area contributed by atoms with Crippen molar-refractivity contribution in [3.63, 3.8) is 0 Å². The SMILES string of the molecule is Nc1cc(C(=O)Nc2cnc(Cl)c(Br)c2)ccc1Br. The third kappa shape index (κ3) is 3.46. The Balaban J connectivity index is 2.20. The highest BCUT2D eigenvalue weighted by Crippen LogP contribution is 2.24. The summed E-state index contributed by atoms with van der Waals surface area (Å²) in [5.74, 6) is -0.268. The fourth-order valence-electron chi connectivity index (χ4n) is 1.38. The normalized spacial score (nSPS) is 10.3. The fourth-order valence-corrected chi connectivity index (χ4v) is 2.08. The number of amides is 1. The number of pyridine rings is 1. The van der Waals surface area contributed by atoms with Crippen LogP contribution in [0.25, 0.3) is 0 Å². The first-order chi connectivity index (χ1) is 8.97. The summed E-state index contributed by atoms with van der Waals surface area (Å²) in [4.78, 5) is 15.9. The molecule has 0 radical (unpaired) electrons. The molecule has 0 saturated heterocycles. The zero-order valence-electron chi connectivity index (χ0n) is 9.45. The monoisotopic (exact) mass is 403 g/mol. The molecule has 0 aliphatic heterocycles. The number of nitrogens with one attached hydrogen (secondary N) is 1. The number of hydrogen-bond donors (Lipinski definition) is 2. The van der Waals surface area contributed by atoms with Crippen LogP contribution in [0, 0.1) is 0 Å². The van der Waals surface area contributed by atoms with E-state index in [9.17, 15) is 4.79 Å². The molecule has 2 rings (SSSR count). The molecule has 3 N–H and O–H groups in total. The summed E-state index contributed by atoms with van der Waals surface area (Å²) in [6.45, 7) is 0. The Morgan fingerprint density at radius 3 is 2.63 bits per heavy atom. The van der Waals surface area contributed by atoms with Gasteiger partial charge in [-0.1, -0.05) is 11.6 Å². The highest BCUT2D eigenvalue weighted by atomic mass is 79.9. The standard InChI is InChI=1S/C12H8Br2ClN3O/c13-8-2-1-6(3-10(8)16)12(19)18-7-4-9(14)11(15)17-5-7/h1-5H,16H2,(H,18,19). The Bertz CT molecular complexity index is 649. The topological polar surface area (TPSA) is 68.0 Å². The molecule has 0 spiro atoms. The van der Waals surface area contributed by atoms with E-state index in [0.29, 0.717) is 26.6 Å². The summed E-state index contributed by atoms with van der Waals surface area (Å²) in [5.41, 5.74) is 7.24. The highest BCUT2D eigenvalue weighted by molar-refractivity contribution is 9.11. The molecular formula is C12H8Br2ClN3O. The number of nitrogens with two attached hydrogens (primary N) is 1. The van der Waals surface area contributed by atoms with Gasteiger partial charge in [-0.15, -0.1) is 0 Å². The Morgan fingerprint density at radius 1 is 1.26 bits per heavy atom.